The number of aryl methyl sites for hydroxylation is 2. The Morgan fingerprint density at radius 1 is 0.923 bits per heavy atom. The molecule has 0 aliphatic rings. The van der Waals surface area contributed by atoms with Crippen LogP contribution in [0, 0.1) is 0 Å². The molecular weight excluding hydrogens is 326 g/mol. The Morgan fingerprint density at radius 2 is 1.54 bits per heavy atom. The van der Waals surface area contributed by atoms with Gasteiger partial charge in [-0.1, -0.05) is 69.3 Å². The van der Waals surface area contributed by atoms with Crippen LogP contribution in [0.3, 0.4) is 0 Å². The zero-order chi connectivity index (χ0) is 18.9. The maximum Gasteiger partial charge on any atom is 0.313 e. The lowest BCUT2D eigenvalue weighted by Gasteiger charge is -2.16. The van der Waals surface area contributed by atoms with Gasteiger partial charge < -0.3 is 10.1 Å². The Hall–Kier alpha value is -2.62. The minimum Gasteiger partial charge on any atom is -0.455 e. The molecule has 1 unspecified atom stereocenters. The zero-order valence-electron chi connectivity index (χ0n) is 15.7. The van der Waals surface area contributed by atoms with Crippen molar-refractivity contribution in [2.24, 2.45) is 0 Å². The van der Waals surface area contributed by atoms with Gasteiger partial charge in [0.1, 0.15) is 0 Å². The second-order valence-corrected chi connectivity index (χ2v) is 6.19. The number of amides is 1. The number of nitrogens with one attached hydrogen (secondary N) is 1. The van der Waals surface area contributed by atoms with E-state index in [9.17, 15) is 9.59 Å². The number of hydrogen-bond donors (Lipinski definition) is 1. The summed E-state index contributed by atoms with van der Waals surface area (Å²) in [5.41, 5.74) is 3.91. The largest absolute Gasteiger partial charge is 0.455 e. The average molecular weight is 353 g/mol. The Labute approximate surface area is 155 Å². The molecule has 4 heteroatoms. The predicted molar refractivity (Wildman–Crippen MR) is 104 cm³/mol. The molecule has 1 amide bonds. The van der Waals surface area contributed by atoms with Crippen LogP contribution in [-0.4, -0.2) is 18.5 Å². The van der Waals surface area contributed by atoms with Crippen LogP contribution in [0.4, 0.5) is 5.69 Å². The van der Waals surface area contributed by atoms with E-state index in [0.717, 1.165) is 35.2 Å². The van der Waals surface area contributed by atoms with Gasteiger partial charge in [-0.25, -0.2) is 0 Å². The van der Waals surface area contributed by atoms with Gasteiger partial charge in [-0.05, 0) is 36.0 Å². The normalized spacial score (nSPS) is 11.7. The topological polar surface area (TPSA) is 55.4 Å². The molecule has 138 valence electrons. The van der Waals surface area contributed by atoms with Crippen molar-refractivity contribution >= 4 is 17.6 Å². The number of ether oxygens (including phenoxy) is 1. The first kappa shape index (κ1) is 19.7. The Bertz CT molecular complexity index is 718. The first-order valence-corrected chi connectivity index (χ1v) is 9.22. The third-order valence-corrected chi connectivity index (χ3v) is 4.50. The summed E-state index contributed by atoms with van der Waals surface area (Å²) in [5, 5.41) is 2.92. The molecule has 0 aliphatic carbocycles. The van der Waals surface area contributed by atoms with Gasteiger partial charge in [0.05, 0.1) is 5.92 Å². The maximum atomic E-state index is 12.4. The van der Waals surface area contributed by atoms with Crippen molar-refractivity contribution in [2.75, 3.05) is 11.9 Å². The van der Waals surface area contributed by atoms with Crippen molar-refractivity contribution in [3.8, 4) is 0 Å². The highest BCUT2D eigenvalue weighted by molar-refractivity contribution is 5.94. The molecule has 26 heavy (non-hydrogen) atoms. The molecule has 1 N–H and O–H groups in total. The van der Waals surface area contributed by atoms with Gasteiger partial charge >= 0.3 is 5.97 Å². The summed E-state index contributed by atoms with van der Waals surface area (Å²) in [7, 11) is 0. The average Bonchev–Trinajstić information content (AvgIpc) is 2.68. The van der Waals surface area contributed by atoms with Gasteiger partial charge in [-0.2, -0.15) is 0 Å². The number of anilines is 1. The molecule has 0 spiro atoms. The minimum atomic E-state index is -0.367. The zero-order valence-corrected chi connectivity index (χ0v) is 15.7. The first-order chi connectivity index (χ1) is 12.6. The summed E-state index contributed by atoms with van der Waals surface area (Å²) in [6.45, 7) is 5.76. The number of benzene rings is 2. The summed E-state index contributed by atoms with van der Waals surface area (Å²) in [5.74, 6) is -1.02. The molecule has 0 aliphatic heterocycles. The van der Waals surface area contributed by atoms with Gasteiger partial charge in [0, 0.05) is 5.69 Å². The van der Waals surface area contributed by atoms with E-state index in [2.05, 4.69) is 19.2 Å². The fourth-order valence-corrected chi connectivity index (χ4v) is 3.04. The number of esters is 1. The molecule has 0 saturated carbocycles. The van der Waals surface area contributed by atoms with Crippen LogP contribution in [0.15, 0.2) is 48.5 Å². The summed E-state index contributed by atoms with van der Waals surface area (Å²) in [4.78, 5) is 24.7. The van der Waals surface area contributed by atoms with Crippen LogP contribution in [0.2, 0.25) is 0 Å². The smallest absolute Gasteiger partial charge is 0.313 e. The van der Waals surface area contributed by atoms with E-state index in [1.807, 2.05) is 55.5 Å². The molecule has 0 aromatic heterocycles. The lowest BCUT2D eigenvalue weighted by molar-refractivity contribution is -0.149. The second-order valence-electron chi connectivity index (χ2n) is 6.19. The molecule has 1 atom stereocenters. The predicted octanol–water partition coefficient (Wildman–Crippen LogP) is 4.49. The van der Waals surface area contributed by atoms with Crippen LogP contribution < -0.4 is 5.32 Å². The third-order valence-electron chi connectivity index (χ3n) is 4.50. The highest BCUT2D eigenvalue weighted by Gasteiger charge is 2.21. The second kappa shape index (κ2) is 9.76. The standard InChI is InChI=1S/C22H27NO3/c1-4-16-13-10-14-17(5-2)21(16)23-20(24)15-26-22(25)19(6-3)18-11-8-7-9-12-18/h7-14,19H,4-6,15H2,1-3H3,(H,23,24). The van der Waals surface area contributed by atoms with Crippen molar-refractivity contribution in [3.63, 3.8) is 0 Å². The first-order valence-electron chi connectivity index (χ1n) is 9.22. The van der Waals surface area contributed by atoms with E-state index in [1.54, 1.807) is 0 Å². The Balaban J connectivity index is 2.00. The molecule has 2 rings (SSSR count). The molecule has 2 aromatic carbocycles. The number of carbonyl (C=O) groups is 2. The van der Waals surface area contributed by atoms with E-state index in [0.29, 0.717) is 6.42 Å². The fourth-order valence-electron chi connectivity index (χ4n) is 3.04. The SMILES string of the molecule is CCc1cccc(CC)c1NC(=O)COC(=O)C(CC)c1ccccc1. The maximum absolute atomic E-state index is 12.4. The Morgan fingerprint density at radius 3 is 2.08 bits per heavy atom. The lowest BCUT2D eigenvalue weighted by atomic mass is 9.97. The summed E-state index contributed by atoms with van der Waals surface area (Å²) in [6.07, 6.45) is 2.29. The fraction of sp³-hybridized carbons (Fsp3) is 0.364. The monoisotopic (exact) mass is 353 g/mol. The van der Waals surface area contributed by atoms with Crippen molar-refractivity contribution in [3.05, 3.63) is 65.2 Å². The van der Waals surface area contributed by atoms with Crippen LogP contribution in [0.5, 0.6) is 0 Å². The van der Waals surface area contributed by atoms with Gasteiger partial charge in [0.25, 0.3) is 5.91 Å². The molecule has 0 saturated heterocycles. The quantitative estimate of drug-likeness (QED) is 0.712. The highest BCUT2D eigenvalue weighted by Crippen LogP contribution is 2.23. The van der Waals surface area contributed by atoms with Gasteiger partial charge in [0.2, 0.25) is 0 Å². The third kappa shape index (κ3) is 4.94. The number of carbonyl (C=O) groups excluding carboxylic acids is 2. The van der Waals surface area contributed by atoms with Crippen molar-refractivity contribution in [1.82, 2.24) is 0 Å². The molecule has 0 fully saturated rings. The molecule has 0 bridgehead atoms. The van der Waals surface area contributed by atoms with Crippen molar-refractivity contribution in [2.45, 2.75) is 46.0 Å². The van der Waals surface area contributed by atoms with Crippen LogP contribution in [0.25, 0.3) is 0 Å². The van der Waals surface area contributed by atoms with Crippen molar-refractivity contribution < 1.29 is 14.3 Å². The lowest BCUT2D eigenvalue weighted by Crippen LogP contribution is -2.24. The van der Waals surface area contributed by atoms with Gasteiger partial charge in [-0.3, -0.25) is 9.59 Å². The van der Waals surface area contributed by atoms with E-state index >= 15 is 0 Å². The summed E-state index contributed by atoms with van der Waals surface area (Å²) >= 11 is 0. The molecule has 0 radical (unpaired) electrons. The molecular formula is C22H27NO3. The van der Waals surface area contributed by atoms with Gasteiger partial charge in [0.15, 0.2) is 6.61 Å². The van der Waals surface area contributed by atoms with E-state index < -0.39 is 0 Å². The van der Waals surface area contributed by atoms with E-state index in [1.165, 1.54) is 0 Å². The summed E-state index contributed by atoms with van der Waals surface area (Å²) < 4.78 is 5.28. The van der Waals surface area contributed by atoms with Crippen LogP contribution in [-0.2, 0) is 27.2 Å². The summed E-state index contributed by atoms with van der Waals surface area (Å²) in [6, 6.07) is 15.5. The number of rotatable bonds is 8. The van der Waals surface area contributed by atoms with E-state index in [-0.39, 0.29) is 24.4 Å². The Kier molecular flexibility index (Phi) is 7.39. The number of hydrogen-bond acceptors (Lipinski definition) is 3. The highest BCUT2D eigenvalue weighted by atomic mass is 16.5. The number of para-hydroxylation sites is 1. The molecule has 4 nitrogen and oxygen atoms in total. The van der Waals surface area contributed by atoms with Crippen LogP contribution >= 0.6 is 0 Å². The molecule has 2 aromatic rings. The van der Waals surface area contributed by atoms with E-state index in [4.69, 9.17) is 4.74 Å². The minimum absolute atomic E-state index is 0.274. The van der Waals surface area contributed by atoms with Crippen LogP contribution in [0.1, 0.15) is 49.8 Å². The van der Waals surface area contributed by atoms with Crippen molar-refractivity contribution in [1.29, 1.82) is 0 Å². The molecule has 0 heterocycles. The van der Waals surface area contributed by atoms with Gasteiger partial charge in [-0.15, -0.1) is 0 Å².